The molecule has 0 bridgehead atoms. The van der Waals surface area contributed by atoms with Crippen molar-refractivity contribution in [3.05, 3.63) is 47.9 Å². The number of nitrogens with one attached hydrogen (secondary N) is 1. The summed E-state index contributed by atoms with van der Waals surface area (Å²) in [5.74, 6) is -0.174. The van der Waals surface area contributed by atoms with E-state index in [0.717, 1.165) is 6.07 Å². The monoisotopic (exact) mass is 372 g/mol. The van der Waals surface area contributed by atoms with E-state index in [0.29, 0.717) is 11.6 Å². The summed E-state index contributed by atoms with van der Waals surface area (Å²) >= 11 is 0. The highest BCUT2D eigenvalue weighted by atomic mass is 19.1. The minimum atomic E-state index is -0.827. The first-order valence-electron chi connectivity index (χ1n) is 8.59. The standard InChI is InChI=1S/C19H22BFN2O4/c1-18(2)19(3,4)27-20(26-18)14-7-6-12(10-15(14)21)17(24)23-16-11-13(25-5)8-9-22-16/h6-11H,1-5H3,(H,22,23,24). The van der Waals surface area contributed by atoms with Crippen molar-refractivity contribution in [2.45, 2.75) is 38.9 Å². The third-order valence-electron chi connectivity index (χ3n) is 4.98. The molecule has 1 aliphatic heterocycles. The van der Waals surface area contributed by atoms with Gasteiger partial charge in [0, 0.05) is 23.3 Å². The van der Waals surface area contributed by atoms with Crippen LogP contribution in [0.25, 0.3) is 0 Å². The average Bonchev–Trinajstić information content (AvgIpc) is 2.82. The fourth-order valence-electron chi connectivity index (χ4n) is 2.62. The molecule has 1 saturated heterocycles. The second kappa shape index (κ2) is 6.94. The number of nitrogens with zero attached hydrogens (tertiary/aromatic N) is 1. The van der Waals surface area contributed by atoms with Crippen molar-refractivity contribution >= 4 is 24.3 Å². The number of pyridine rings is 1. The van der Waals surface area contributed by atoms with Crippen molar-refractivity contribution in [1.29, 1.82) is 0 Å². The number of carbonyl (C=O) groups excluding carboxylic acids is 1. The highest BCUT2D eigenvalue weighted by Crippen LogP contribution is 2.36. The number of amides is 1. The average molecular weight is 372 g/mol. The Balaban J connectivity index is 1.77. The molecule has 1 fully saturated rings. The summed E-state index contributed by atoms with van der Waals surface area (Å²) in [7, 11) is 0.692. The maximum Gasteiger partial charge on any atom is 0.497 e. The number of ether oxygens (including phenoxy) is 1. The zero-order valence-electron chi connectivity index (χ0n) is 16.0. The number of halogens is 1. The zero-order valence-corrected chi connectivity index (χ0v) is 16.0. The van der Waals surface area contributed by atoms with Gasteiger partial charge in [-0.2, -0.15) is 0 Å². The first kappa shape index (κ1) is 19.3. The maximum atomic E-state index is 14.6. The highest BCUT2D eigenvalue weighted by molar-refractivity contribution is 6.62. The van der Waals surface area contributed by atoms with Crippen LogP contribution in [-0.4, -0.2) is 36.3 Å². The number of rotatable bonds is 4. The smallest absolute Gasteiger partial charge is 0.497 e. The molecule has 142 valence electrons. The number of benzene rings is 1. The predicted molar refractivity (Wildman–Crippen MR) is 101 cm³/mol. The van der Waals surface area contributed by atoms with Crippen LogP contribution in [0.4, 0.5) is 10.2 Å². The van der Waals surface area contributed by atoms with Gasteiger partial charge in [-0.15, -0.1) is 0 Å². The number of anilines is 1. The van der Waals surface area contributed by atoms with Crippen molar-refractivity contribution in [3.8, 4) is 5.75 Å². The number of aromatic nitrogens is 1. The van der Waals surface area contributed by atoms with Gasteiger partial charge in [0.2, 0.25) is 0 Å². The molecule has 3 rings (SSSR count). The molecule has 0 saturated carbocycles. The lowest BCUT2D eigenvalue weighted by Crippen LogP contribution is -2.41. The summed E-state index contributed by atoms with van der Waals surface area (Å²) in [4.78, 5) is 16.4. The van der Waals surface area contributed by atoms with Gasteiger partial charge in [0.25, 0.3) is 5.91 Å². The molecule has 0 aliphatic carbocycles. The Morgan fingerprint density at radius 1 is 1.15 bits per heavy atom. The molecule has 0 radical (unpaired) electrons. The Bertz CT molecular complexity index is 857. The van der Waals surface area contributed by atoms with Gasteiger partial charge in [-0.1, -0.05) is 6.07 Å². The van der Waals surface area contributed by atoms with E-state index in [9.17, 15) is 9.18 Å². The van der Waals surface area contributed by atoms with Crippen LogP contribution in [0.1, 0.15) is 38.1 Å². The topological polar surface area (TPSA) is 69.7 Å². The lowest BCUT2D eigenvalue weighted by molar-refractivity contribution is 0.00578. The minimum Gasteiger partial charge on any atom is -0.497 e. The highest BCUT2D eigenvalue weighted by Gasteiger charge is 2.52. The van der Waals surface area contributed by atoms with Crippen LogP contribution in [0.2, 0.25) is 0 Å². The quantitative estimate of drug-likeness (QED) is 0.836. The molecule has 27 heavy (non-hydrogen) atoms. The van der Waals surface area contributed by atoms with Gasteiger partial charge in [-0.3, -0.25) is 4.79 Å². The summed E-state index contributed by atoms with van der Waals surface area (Å²) in [5.41, 5.74) is -0.724. The van der Waals surface area contributed by atoms with Gasteiger partial charge in [0.1, 0.15) is 17.4 Å². The van der Waals surface area contributed by atoms with E-state index >= 15 is 0 Å². The van der Waals surface area contributed by atoms with E-state index in [-0.39, 0.29) is 11.0 Å². The Morgan fingerprint density at radius 3 is 2.41 bits per heavy atom. The normalized spacial score (nSPS) is 17.6. The first-order chi connectivity index (χ1) is 12.6. The van der Waals surface area contributed by atoms with Crippen molar-refractivity contribution in [3.63, 3.8) is 0 Å². The molecule has 1 aromatic carbocycles. The van der Waals surface area contributed by atoms with Crippen molar-refractivity contribution in [2.75, 3.05) is 12.4 Å². The van der Waals surface area contributed by atoms with Crippen LogP contribution in [-0.2, 0) is 9.31 Å². The first-order valence-corrected chi connectivity index (χ1v) is 8.59. The van der Waals surface area contributed by atoms with Crippen LogP contribution in [0, 0.1) is 5.82 Å². The van der Waals surface area contributed by atoms with Crippen molar-refractivity contribution in [2.24, 2.45) is 0 Å². The summed E-state index contributed by atoms with van der Waals surface area (Å²) < 4.78 is 31.5. The molecule has 1 amide bonds. The van der Waals surface area contributed by atoms with Crippen LogP contribution in [0.3, 0.4) is 0 Å². The lowest BCUT2D eigenvalue weighted by Gasteiger charge is -2.32. The summed E-state index contributed by atoms with van der Waals surface area (Å²) in [6.45, 7) is 7.59. The van der Waals surface area contributed by atoms with Gasteiger partial charge >= 0.3 is 7.12 Å². The maximum absolute atomic E-state index is 14.6. The van der Waals surface area contributed by atoms with Gasteiger partial charge in [0.05, 0.1) is 18.3 Å². The Kier molecular flexibility index (Phi) is 4.97. The van der Waals surface area contributed by atoms with Gasteiger partial charge in [-0.05, 0) is 45.9 Å². The summed E-state index contributed by atoms with van der Waals surface area (Å²) in [6, 6.07) is 7.43. The second-order valence-corrected chi connectivity index (χ2v) is 7.36. The third-order valence-corrected chi connectivity index (χ3v) is 4.98. The Hall–Kier alpha value is -2.45. The summed E-state index contributed by atoms with van der Waals surface area (Å²) in [5, 5.41) is 2.62. The third kappa shape index (κ3) is 3.82. The second-order valence-electron chi connectivity index (χ2n) is 7.36. The molecule has 1 aliphatic rings. The molecule has 8 heteroatoms. The SMILES string of the molecule is COc1ccnc(NC(=O)c2ccc(B3OC(C)(C)C(C)(C)O3)c(F)c2)c1. The molecule has 1 aromatic heterocycles. The molecular formula is C19H22BFN2O4. The van der Waals surface area contributed by atoms with Gasteiger partial charge in [-0.25, -0.2) is 9.37 Å². The van der Waals surface area contributed by atoms with Crippen LogP contribution < -0.4 is 15.5 Å². The predicted octanol–water partition coefficient (Wildman–Crippen LogP) is 2.78. The van der Waals surface area contributed by atoms with E-state index < -0.39 is 30.0 Å². The molecule has 0 atom stereocenters. The van der Waals surface area contributed by atoms with E-state index in [1.165, 1.54) is 25.4 Å². The van der Waals surface area contributed by atoms with E-state index in [1.807, 2.05) is 27.7 Å². The Morgan fingerprint density at radius 2 is 1.81 bits per heavy atom. The van der Waals surface area contributed by atoms with E-state index in [2.05, 4.69) is 10.3 Å². The zero-order chi connectivity index (χ0) is 19.8. The van der Waals surface area contributed by atoms with Crippen LogP contribution >= 0.6 is 0 Å². The fraction of sp³-hybridized carbons (Fsp3) is 0.368. The number of hydrogen-bond acceptors (Lipinski definition) is 5. The van der Waals surface area contributed by atoms with E-state index in [1.54, 1.807) is 12.1 Å². The van der Waals surface area contributed by atoms with Gasteiger partial charge < -0.3 is 19.4 Å². The number of hydrogen-bond donors (Lipinski definition) is 1. The molecule has 2 aromatic rings. The molecule has 2 heterocycles. The molecule has 6 nitrogen and oxygen atoms in total. The van der Waals surface area contributed by atoms with Crippen LogP contribution in [0.5, 0.6) is 5.75 Å². The fourth-order valence-corrected chi connectivity index (χ4v) is 2.62. The Labute approximate surface area is 158 Å². The molecular weight excluding hydrogens is 350 g/mol. The number of methoxy groups -OCH3 is 1. The van der Waals surface area contributed by atoms with Crippen molar-refractivity contribution in [1.82, 2.24) is 4.98 Å². The molecule has 0 unspecified atom stereocenters. The van der Waals surface area contributed by atoms with Crippen molar-refractivity contribution < 1.29 is 23.2 Å². The number of carbonyl (C=O) groups is 1. The van der Waals surface area contributed by atoms with Crippen LogP contribution in [0.15, 0.2) is 36.5 Å². The van der Waals surface area contributed by atoms with E-state index in [4.69, 9.17) is 14.0 Å². The summed E-state index contributed by atoms with van der Waals surface area (Å²) in [6.07, 6.45) is 1.51. The van der Waals surface area contributed by atoms with Gasteiger partial charge in [0.15, 0.2) is 0 Å². The minimum absolute atomic E-state index is 0.164. The molecule has 0 spiro atoms. The lowest BCUT2D eigenvalue weighted by atomic mass is 9.78. The largest absolute Gasteiger partial charge is 0.497 e. The molecule has 1 N–H and O–H groups in total.